The van der Waals surface area contributed by atoms with Crippen LogP contribution in [0, 0.1) is 0 Å². The third-order valence-corrected chi connectivity index (χ3v) is 7.24. The van der Waals surface area contributed by atoms with E-state index < -0.39 is 10.0 Å². The molecular weight excluding hydrogens is 374 g/mol. The molecule has 6 nitrogen and oxygen atoms in total. The lowest BCUT2D eigenvalue weighted by Crippen LogP contribution is -2.27. The summed E-state index contributed by atoms with van der Waals surface area (Å²) in [7, 11) is -3.41. The van der Waals surface area contributed by atoms with Crippen molar-refractivity contribution in [2.24, 2.45) is 0 Å². The minimum absolute atomic E-state index is 0.284. The van der Waals surface area contributed by atoms with E-state index in [-0.39, 0.29) is 6.04 Å². The number of rotatable bonds is 6. The van der Waals surface area contributed by atoms with E-state index in [1.54, 1.807) is 41.0 Å². The van der Waals surface area contributed by atoms with E-state index in [2.05, 4.69) is 16.9 Å². The molecule has 1 N–H and O–H groups in total. The maximum atomic E-state index is 12.6. The van der Waals surface area contributed by atoms with E-state index in [1.165, 1.54) is 0 Å². The summed E-state index contributed by atoms with van der Waals surface area (Å²) in [5, 5.41) is 3.44. The number of ether oxygens (including phenoxy) is 1. The first-order valence-corrected chi connectivity index (χ1v) is 11.1. The van der Waals surface area contributed by atoms with E-state index in [9.17, 15) is 8.42 Å². The van der Waals surface area contributed by atoms with E-state index >= 15 is 0 Å². The summed E-state index contributed by atoms with van der Waals surface area (Å²) in [5.41, 5.74) is 1.97. The first-order valence-electron chi connectivity index (χ1n) is 9.70. The zero-order chi connectivity index (χ0) is 19.6. The molecule has 148 valence electrons. The molecule has 2 aliphatic heterocycles. The molecule has 2 fully saturated rings. The van der Waals surface area contributed by atoms with Crippen LogP contribution < -0.4 is 10.1 Å². The van der Waals surface area contributed by atoms with Gasteiger partial charge in [0.1, 0.15) is 11.5 Å². The predicted octanol–water partition coefficient (Wildman–Crippen LogP) is 3.42. The van der Waals surface area contributed by atoms with Crippen molar-refractivity contribution in [2.75, 3.05) is 19.6 Å². The summed E-state index contributed by atoms with van der Waals surface area (Å²) in [4.78, 5) is 4.57. The quantitative estimate of drug-likeness (QED) is 0.806. The van der Waals surface area contributed by atoms with Crippen LogP contribution in [-0.2, 0) is 10.0 Å². The van der Waals surface area contributed by atoms with Crippen LogP contribution in [0.15, 0.2) is 54.2 Å². The molecule has 0 radical (unpaired) electrons. The number of hydrogen-bond donors (Lipinski definition) is 1. The Hall–Kier alpha value is -2.22. The molecule has 4 rings (SSSR count). The van der Waals surface area contributed by atoms with Gasteiger partial charge in [-0.1, -0.05) is 6.58 Å². The number of pyridine rings is 1. The van der Waals surface area contributed by atoms with E-state index in [0.717, 1.165) is 43.4 Å². The highest BCUT2D eigenvalue weighted by molar-refractivity contribution is 7.89. The van der Waals surface area contributed by atoms with Crippen molar-refractivity contribution in [3.8, 4) is 11.5 Å². The summed E-state index contributed by atoms with van der Waals surface area (Å²) >= 11 is 0. The second-order valence-electron chi connectivity index (χ2n) is 7.27. The average Bonchev–Trinajstić information content (AvgIpc) is 3.42. The second kappa shape index (κ2) is 8.03. The van der Waals surface area contributed by atoms with Crippen LogP contribution >= 0.6 is 0 Å². The maximum absolute atomic E-state index is 12.6. The fourth-order valence-corrected chi connectivity index (χ4v) is 5.24. The van der Waals surface area contributed by atoms with Gasteiger partial charge in [-0.15, -0.1) is 0 Å². The Morgan fingerprint density at radius 3 is 2.54 bits per heavy atom. The van der Waals surface area contributed by atoms with Gasteiger partial charge in [0.25, 0.3) is 0 Å². The Morgan fingerprint density at radius 2 is 1.86 bits per heavy atom. The lowest BCUT2D eigenvalue weighted by Gasteiger charge is -2.16. The molecule has 1 aromatic carbocycles. The SMILES string of the molecule is C=C(c1cncc(Oc2ccc(S(=O)(=O)N3CCCC3)cc2)c1)[C@@H]1CCCN1. The fraction of sp³-hybridized carbons (Fsp3) is 0.381. The van der Waals surface area contributed by atoms with E-state index in [4.69, 9.17) is 4.74 Å². The minimum atomic E-state index is -3.41. The molecule has 1 atom stereocenters. The average molecular weight is 400 g/mol. The van der Waals surface area contributed by atoms with Gasteiger partial charge in [-0.3, -0.25) is 4.98 Å². The highest BCUT2D eigenvalue weighted by atomic mass is 32.2. The summed E-state index contributed by atoms with van der Waals surface area (Å²) < 4.78 is 32.7. The molecule has 0 saturated carbocycles. The molecule has 2 aliphatic rings. The highest BCUT2D eigenvalue weighted by Gasteiger charge is 2.27. The summed E-state index contributed by atoms with van der Waals surface area (Å²) in [5.74, 6) is 1.18. The molecule has 0 aliphatic carbocycles. The van der Waals surface area contributed by atoms with Crippen LogP contribution in [0.5, 0.6) is 11.5 Å². The van der Waals surface area contributed by atoms with Gasteiger partial charge in [-0.2, -0.15) is 4.31 Å². The molecule has 0 bridgehead atoms. The van der Waals surface area contributed by atoms with E-state index in [0.29, 0.717) is 29.5 Å². The normalized spacial score (nSPS) is 20.4. The Morgan fingerprint density at radius 1 is 1.11 bits per heavy atom. The number of sulfonamides is 1. The number of nitrogens with one attached hydrogen (secondary N) is 1. The van der Waals surface area contributed by atoms with Gasteiger partial charge in [-0.25, -0.2) is 8.42 Å². The van der Waals surface area contributed by atoms with E-state index in [1.807, 2.05) is 6.07 Å². The minimum Gasteiger partial charge on any atom is -0.456 e. The standard InChI is InChI=1S/C21H25N3O3S/c1-16(21-5-4-10-23-21)17-13-19(15-22-14-17)27-18-6-8-20(9-7-18)28(25,26)24-11-2-3-12-24/h6-9,13-15,21,23H,1-5,10-12H2/t21-/m0/s1. The Kier molecular flexibility index (Phi) is 5.48. The van der Waals surface area contributed by atoms with Gasteiger partial charge in [0.15, 0.2) is 0 Å². The lowest BCUT2D eigenvalue weighted by molar-refractivity contribution is 0.474. The van der Waals surface area contributed by atoms with Gasteiger partial charge in [0.05, 0.1) is 11.1 Å². The lowest BCUT2D eigenvalue weighted by atomic mass is 10.0. The second-order valence-corrected chi connectivity index (χ2v) is 9.21. The summed E-state index contributed by atoms with van der Waals surface area (Å²) in [6, 6.07) is 8.77. The van der Waals surface area contributed by atoms with Crippen LogP contribution in [-0.4, -0.2) is 43.4 Å². The largest absolute Gasteiger partial charge is 0.456 e. The van der Waals surface area contributed by atoms with Gasteiger partial charge in [0.2, 0.25) is 10.0 Å². The molecule has 2 saturated heterocycles. The third kappa shape index (κ3) is 3.97. The van der Waals surface area contributed by atoms with Gasteiger partial charge in [0, 0.05) is 30.9 Å². The van der Waals surface area contributed by atoms with Crippen LogP contribution in [0.3, 0.4) is 0 Å². The molecule has 0 unspecified atom stereocenters. The Labute approximate surface area is 166 Å². The molecule has 2 aromatic rings. The number of benzene rings is 1. The Bertz CT molecular complexity index is 945. The van der Waals surface area contributed by atoms with Crippen LogP contribution in [0.25, 0.3) is 5.57 Å². The van der Waals surface area contributed by atoms with Crippen LogP contribution in [0.2, 0.25) is 0 Å². The number of nitrogens with zero attached hydrogens (tertiary/aromatic N) is 2. The zero-order valence-electron chi connectivity index (χ0n) is 15.8. The van der Waals surface area contributed by atoms with Crippen LogP contribution in [0.4, 0.5) is 0 Å². The van der Waals surface area contributed by atoms with Crippen molar-refractivity contribution in [1.82, 2.24) is 14.6 Å². The van der Waals surface area contributed by atoms with Gasteiger partial charge >= 0.3 is 0 Å². The van der Waals surface area contributed by atoms with Crippen molar-refractivity contribution < 1.29 is 13.2 Å². The van der Waals surface area contributed by atoms with Crippen molar-refractivity contribution >= 4 is 15.6 Å². The highest BCUT2D eigenvalue weighted by Crippen LogP contribution is 2.28. The number of hydrogen-bond acceptors (Lipinski definition) is 5. The Balaban J connectivity index is 1.47. The smallest absolute Gasteiger partial charge is 0.243 e. The molecule has 1 aromatic heterocycles. The van der Waals surface area contributed by atoms with Crippen LogP contribution in [0.1, 0.15) is 31.2 Å². The monoisotopic (exact) mass is 399 g/mol. The van der Waals surface area contributed by atoms with Crippen molar-refractivity contribution in [1.29, 1.82) is 0 Å². The first-order chi connectivity index (χ1) is 13.5. The number of aromatic nitrogens is 1. The molecule has 7 heteroatoms. The molecule has 0 spiro atoms. The predicted molar refractivity (Wildman–Crippen MR) is 109 cm³/mol. The first kappa shape index (κ1) is 19.1. The molecule has 3 heterocycles. The zero-order valence-corrected chi connectivity index (χ0v) is 16.6. The topological polar surface area (TPSA) is 71.5 Å². The van der Waals surface area contributed by atoms with Crippen molar-refractivity contribution in [2.45, 2.75) is 36.6 Å². The molecule has 28 heavy (non-hydrogen) atoms. The van der Waals surface area contributed by atoms with Crippen molar-refractivity contribution in [3.05, 3.63) is 54.9 Å². The maximum Gasteiger partial charge on any atom is 0.243 e. The summed E-state index contributed by atoms with van der Waals surface area (Å²) in [6.07, 6.45) is 7.52. The van der Waals surface area contributed by atoms with Gasteiger partial charge in [-0.05, 0) is 68.1 Å². The molecule has 0 amide bonds. The third-order valence-electron chi connectivity index (χ3n) is 5.33. The summed E-state index contributed by atoms with van der Waals surface area (Å²) in [6.45, 7) is 6.41. The van der Waals surface area contributed by atoms with Crippen molar-refractivity contribution in [3.63, 3.8) is 0 Å². The van der Waals surface area contributed by atoms with Gasteiger partial charge < -0.3 is 10.1 Å². The fourth-order valence-electron chi connectivity index (χ4n) is 3.73. The molecular formula is C21H25N3O3S.